The summed E-state index contributed by atoms with van der Waals surface area (Å²) in [6, 6.07) is 0. The van der Waals surface area contributed by atoms with Crippen molar-refractivity contribution in [1.82, 2.24) is 0 Å². The first kappa shape index (κ1) is 17.2. The molecule has 0 aromatic carbocycles. The topological polar surface area (TPSA) is 0 Å². The normalized spacial score (nSPS) is 13.5. The average molecular weight is 279 g/mol. The van der Waals surface area contributed by atoms with Crippen LogP contribution in [-0.2, 0) is 0 Å². The van der Waals surface area contributed by atoms with Crippen LogP contribution in [0.3, 0.4) is 0 Å². The van der Waals surface area contributed by atoms with Crippen LogP contribution in [0.1, 0.15) is 62.3 Å². The number of rotatable bonds is 0. The van der Waals surface area contributed by atoms with Crippen LogP contribution in [0, 0.1) is 0 Å². The zero-order chi connectivity index (χ0) is 11.1. The molecule has 0 aromatic heterocycles. The molecule has 0 rings (SSSR count). The summed E-state index contributed by atoms with van der Waals surface area (Å²) in [7, 11) is 0. The summed E-state index contributed by atoms with van der Waals surface area (Å²) in [6.45, 7) is 21.9. The van der Waals surface area contributed by atoms with Gasteiger partial charge in [0, 0.05) is 0 Å². The average Bonchev–Trinajstić information content (AvgIpc) is 1.44. The Balaban J connectivity index is 0. The molecule has 14 heavy (non-hydrogen) atoms. The van der Waals surface area contributed by atoms with Gasteiger partial charge in [-0.25, -0.2) is 0 Å². The number of hydrogen-bond acceptors (Lipinski definition) is 0. The molecule has 0 radical (unpaired) electrons. The van der Waals surface area contributed by atoms with E-state index in [1.54, 1.807) is 0 Å². The molecule has 86 valence electrons. The van der Waals surface area contributed by atoms with E-state index in [0.717, 1.165) is 0 Å². The maximum absolute atomic E-state index is 2.43. The standard InChI is InChI=1S/C12H27Ge.ClH/c1-10(2,3)13(11(4,5)6)12(7,8)9;/h1-9H3;1H/q+1;/p-1. The Kier molecular flexibility index (Phi) is 5.88. The Morgan fingerprint density at radius 2 is 0.643 bits per heavy atom. The first-order valence-corrected chi connectivity index (χ1v) is 8.40. The quantitative estimate of drug-likeness (QED) is 0.594. The predicted octanol–water partition coefficient (Wildman–Crippen LogP) is 1.89. The van der Waals surface area contributed by atoms with Crippen LogP contribution in [0.25, 0.3) is 0 Å². The summed E-state index contributed by atoms with van der Waals surface area (Å²) in [6.07, 6.45) is 0. The van der Waals surface area contributed by atoms with E-state index in [0.29, 0.717) is 12.7 Å². The Morgan fingerprint density at radius 1 is 0.500 bits per heavy atom. The van der Waals surface area contributed by atoms with Crippen molar-refractivity contribution in [3.05, 3.63) is 0 Å². The predicted molar refractivity (Wildman–Crippen MR) is 64.9 cm³/mol. The van der Waals surface area contributed by atoms with Crippen molar-refractivity contribution < 1.29 is 12.4 Å². The molecule has 0 amide bonds. The maximum atomic E-state index is 2.43. The molecule has 2 heteroatoms. The largest absolute Gasteiger partial charge is 1.00 e. The monoisotopic (exact) mass is 280 g/mol. The summed E-state index contributed by atoms with van der Waals surface area (Å²) >= 11 is -1.10. The zero-order valence-corrected chi connectivity index (χ0v) is 14.2. The van der Waals surface area contributed by atoms with Crippen molar-refractivity contribution in [3.63, 3.8) is 0 Å². The summed E-state index contributed by atoms with van der Waals surface area (Å²) < 4.78 is 1.66. The van der Waals surface area contributed by atoms with Gasteiger partial charge in [0.15, 0.2) is 0 Å². The second-order valence-corrected chi connectivity index (χ2v) is 18.1. The van der Waals surface area contributed by atoms with Crippen LogP contribution in [-0.4, -0.2) is 14.3 Å². The van der Waals surface area contributed by atoms with E-state index in [9.17, 15) is 0 Å². The van der Waals surface area contributed by atoms with Crippen molar-refractivity contribution >= 4 is 14.3 Å². The Bertz CT molecular complexity index is 133. The number of hydrogen-bond donors (Lipinski definition) is 0. The van der Waals surface area contributed by atoms with E-state index in [-0.39, 0.29) is 12.4 Å². The Labute approximate surface area is 102 Å². The van der Waals surface area contributed by atoms with E-state index in [1.165, 1.54) is 0 Å². The third kappa shape index (κ3) is 5.07. The van der Waals surface area contributed by atoms with Gasteiger partial charge in [0.05, 0.1) is 0 Å². The maximum Gasteiger partial charge on any atom is -1.00 e. The van der Waals surface area contributed by atoms with Gasteiger partial charge < -0.3 is 12.4 Å². The molecular formula is C12H27ClGe. The fourth-order valence-corrected chi connectivity index (χ4v) is 17.5. The fourth-order valence-electron chi connectivity index (χ4n) is 3.38. The molecule has 0 bridgehead atoms. The summed E-state index contributed by atoms with van der Waals surface area (Å²) in [4.78, 5) is 0. The van der Waals surface area contributed by atoms with Crippen LogP contribution >= 0.6 is 0 Å². The zero-order valence-electron chi connectivity index (χ0n) is 11.4. The minimum atomic E-state index is -1.10. The van der Waals surface area contributed by atoms with Crippen molar-refractivity contribution in [2.45, 2.75) is 75.1 Å². The van der Waals surface area contributed by atoms with Crippen LogP contribution in [0.4, 0.5) is 0 Å². The summed E-state index contributed by atoms with van der Waals surface area (Å²) in [5, 5.41) is 0. The fraction of sp³-hybridized carbons (Fsp3) is 1.00. The van der Waals surface area contributed by atoms with Crippen molar-refractivity contribution in [1.29, 1.82) is 0 Å². The molecule has 0 aliphatic heterocycles. The molecule has 0 nitrogen and oxygen atoms in total. The smallest absolute Gasteiger partial charge is 1.00 e. The minimum absolute atomic E-state index is 0. The van der Waals surface area contributed by atoms with Gasteiger partial charge in [-0.3, -0.25) is 0 Å². The third-order valence-electron chi connectivity index (χ3n) is 2.25. The van der Waals surface area contributed by atoms with E-state index >= 15 is 0 Å². The van der Waals surface area contributed by atoms with Gasteiger partial charge in [-0.05, 0) is 0 Å². The molecule has 0 saturated carbocycles. The van der Waals surface area contributed by atoms with Gasteiger partial charge in [-0.15, -0.1) is 0 Å². The second kappa shape index (κ2) is 4.78. The van der Waals surface area contributed by atoms with Gasteiger partial charge in [0.25, 0.3) is 0 Å². The van der Waals surface area contributed by atoms with Crippen LogP contribution in [0.15, 0.2) is 0 Å². The molecule has 0 heterocycles. The van der Waals surface area contributed by atoms with Gasteiger partial charge in [0.2, 0.25) is 0 Å². The number of halogens is 1. The van der Waals surface area contributed by atoms with Gasteiger partial charge in [-0.2, -0.15) is 0 Å². The first-order chi connectivity index (χ1) is 5.37. The SMILES string of the molecule is C[C](C)(C)[Ge+]([C](C)(C)C)[C](C)(C)C.[Cl-]. The van der Waals surface area contributed by atoms with Crippen molar-refractivity contribution in [2.24, 2.45) is 0 Å². The molecule has 0 fully saturated rings. The van der Waals surface area contributed by atoms with E-state index in [4.69, 9.17) is 0 Å². The molecule has 0 aliphatic rings. The Morgan fingerprint density at radius 3 is 0.643 bits per heavy atom. The van der Waals surface area contributed by atoms with Gasteiger partial charge >= 0.3 is 89.4 Å². The Hall–Kier alpha value is 0.833. The minimum Gasteiger partial charge on any atom is -1.00 e. The van der Waals surface area contributed by atoms with Crippen LogP contribution in [0.2, 0.25) is 12.7 Å². The van der Waals surface area contributed by atoms with Gasteiger partial charge in [-0.1, -0.05) is 0 Å². The van der Waals surface area contributed by atoms with Crippen LogP contribution < -0.4 is 12.4 Å². The molecular weight excluding hydrogens is 252 g/mol. The molecule has 0 aromatic rings. The van der Waals surface area contributed by atoms with Crippen LogP contribution in [0.5, 0.6) is 0 Å². The summed E-state index contributed by atoms with van der Waals surface area (Å²) in [5.41, 5.74) is 0. The molecule has 0 unspecified atom stereocenters. The molecule has 0 atom stereocenters. The third-order valence-corrected chi connectivity index (χ3v) is 11.7. The van der Waals surface area contributed by atoms with Crippen molar-refractivity contribution in [3.8, 4) is 0 Å². The van der Waals surface area contributed by atoms with E-state index < -0.39 is 14.3 Å². The molecule has 0 N–H and O–H groups in total. The molecule has 0 saturated heterocycles. The van der Waals surface area contributed by atoms with Crippen molar-refractivity contribution in [2.75, 3.05) is 0 Å². The first-order valence-electron chi connectivity index (χ1n) is 5.25. The second-order valence-electron chi connectivity index (χ2n) is 7.12. The summed E-state index contributed by atoms with van der Waals surface area (Å²) in [5.74, 6) is 0. The van der Waals surface area contributed by atoms with E-state index in [2.05, 4.69) is 62.3 Å². The molecule has 0 aliphatic carbocycles. The molecule has 0 spiro atoms. The van der Waals surface area contributed by atoms with Gasteiger partial charge in [0.1, 0.15) is 0 Å². The van der Waals surface area contributed by atoms with E-state index in [1.807, 2.05) is 0 Å².